The molecule has 0 saturated heterocycles. The summed E-state index contributed by atoms with van der Waals surface area (Å²) in [5.41, 5.74) is 2.36. The molecule has 25 heavy (non-hydrogen) atoms. The molecule has 0 aromatic heterocycles. The highest BCUT2D eigenvalue weighted by Gasteiger charge is 2.29. The smallest absolute Gasteiger partial charge is 0.223 e. The van der Waals surface area contributed by atoms with Crippen LogP contribution in [0.15, 0.2) is 24.3 Å². The largest absolute Gasteiger partial charge is 0.356 e. The Morgan fingerprint density at radius 1 is 1.00 bits per heavy atom. The van der Waals surface area contributed by atoms with Gasteiger partial charge in [-0.25, -0.2) is 0 Å². The topological polar surface area (TPSA) is 58.2 Å². The first-order chi connectivity index (χ1) is 12.0. The summed E-state index contributed by atoms with van der Waals surface area (Å²) in [7, 11) is 0. The first-order valence-corrected chi connectivity index (χ1v) is 9.57. The molecule has 138 valence electrons. The Hall–Kier alpha value is -1.84. The average molecular weight is 344 g/mol. The van der Waals surface area contributed by atoms with Gasteiger partial charge in [0.1, 0.15) is 0 Å². The third kappa shape index (κ3) is 6.18. The van der Waals surface area contributed by atoms with Gasteiger partial charge in [-0.1, -0.05) is 38.1 Å². The lowest BCUT2D eigenvalue weighted by atomic mass is 9.81. The Labute approximate surface area is 151 Å². The fourth-order valence-corrected chi connectivity index (χ4v) is 3.38. The molecule has 1 saturated carbocycles. The van der Waals surface area contributed by atoms with Crippen molar-refractivity contribution in [3.63, 3.8) is 0 Å². The number of rotatable bonds is 7. The minimum Gasteiger partial charge on any atom is -0.356 e. The Morgan fingerprint density at radius 3 is 2.12 bits per heavy atom. The molecule has 4 heteroatoms. The van der Waals surface area contributed by atoms with Crippen LogP contribution in [0.25, 0.3) is 0 Å². The number of carbonyl (C=O) groups excluding carboxylic acids is 2. The SMILES string of the molecule is Cc1ccccc1CNC(=O)C1CCC(C(=O)NCCC(C)C)CC1. The summed E-state index contributed by atoms with van der Waals surface area (Å²) in [5.74, 6) is 1.02. The van der Waals surface area contributed by atoms with Gasteiger partial charge in [0.05, 0.1) is 0 Å². The van der Waals surface area contributed by atoms with E-state index in [2.05, 4.69) is 37.5 Å². The highest BCUT2D eigenvalue weighted by atomic mass is 16.2. The molecule has 1 aromatic rings. The van der Waals surface area contributed by atoms with Crippen molar-refractivity contribution in [3.05, 3.63) is 35.4 Å². The molecule has 4 nitrogen and oxygen atoms in total. The summed E-state index contributed by atoms with van der Waals surface area (Å²) in [6.07, 6.45) is 4.26. The minimum atomic E-state index is 0.0451. The van der Waals surface area contributed by atoms with Crippen LogP contribution in [-0.2, 0) is 16.1 Å². The Kier molecular flexibility index (Phi) is 7.48. The second-order valence-electron chi connectivity index (χ2n) is 7.67. The van der Waals surface area contributed by atoms with Crippen LogP contribution >= 0.6 is 0 Å². The number of nitrogens with one attached hydrogen (secondary N) is 2. The van der Waals surface area contributed by atoms with E-state index in [0.717, 1.165) is 44.2 Å². The molecule has 0 radical (unpaired) electrons. The summed E-state index contributed by atoms with van der Waals surface area (Å²) in [5, 5.41) is 6.10. The fourth-order valence-electron chi connectivity index (χ4n) is 3.38. The van der Waals surface area contributed by atoms with Gasteiger partial charge < -0.3 is 10.6 Å². The highest BCUT2D eigenvalue weighted by Crippen LogP contribution is 2.29. The Morgan fingerprint density at radius 2 is 1.56 bits per heavy atom. The standard InChI is InChI=1S/C21H32N2O2/c1-15(2)12-13-22-20(24)17-8-10-18(11-9-17)21(25)23-14-19-7-5-4-6-16(19)3/h4-7,15,17-18H,8-14H2,1-3H3,(H,22,24)(H,23,25). The van der Waals surface area contributed by atoms with E-state index in [1.54, 1.807) is 0 Å². The lowest BCUT2D eigenvalue weighted by molar-refractivity contribution is -0.130. The third-order valence-corrected chi connectivity index (χ3v) is 5.20. The Bertz CT molecular complexity index is 575. The molecule has 2 N–H and O–H groups in total. The number of hydrogen-bond donors (Lipinski definition) is 2. The van der Waals surface area contributed by atoms with Gasteiger partial charge in [0, 0.05) is 24.9 Å². The second-order valence-corrected chi connectivity index (χ2v) is 7.67. The van der Waals surface area contributed by atoms with Gasteiger partial charge in [-0.3, -0.25) is 9.59 Å². The Balaban J connectivity index is 1.71. The van der Waals surface area contributed by atoms with E-state index in [1.165, 1.54) is 5.56 Å². The van der Waals surface area contributed by atoms with E-state index in [9.17, 15) is 9.59 Å². The summed E-state index contributed by atoms with van der Waals surface area (Å²) < 4.78 is 0. The molecule has 2 rings (SSSR count). The molecule has 0 atom stereocenters. The molecule has 1 fully saturated rings. The van der Waals surface area contributed by atoms with Crippen molar-refractivity contribution in [2.24, 2.45) is 17.8 Å². The predicted octanol–water partition coefficient (Wildman–Crippen LogP) is 3.58. The summed E-state index contributed by atoms with van der Waals surface area (Å²) in [6.45, 7) is 7.72. The summed E-state index contributed by atoms with van der Waals surface area (Å²) >= 11 is 0. The van der Waals surface area contributed by atoms with Crippen LogP contribution in [-0.4, -0.2) is 18.4 Å². The number of aryl methyl sites for hydroxylation is 1. The zero-order chi connectivity index (χ0) is 18.2. The lowest BCUT2D eigenvalue weighted by Gasteiger charge is -2.27. The van der Waals surface area contributed by atoms with Gasteiger partial charge in [0.25, 0.3) is 0 Å². The molecule has 1 aliphatic carbocycles. The zero-order valence-corrected chi connectivity index (χ0v) is 15.8. The molecule has 0 bridgehead atoms. The van der Waals surface area contributed by atoms with Gasteiger partial charge in [-0.15, -0.1) is 0 Å². The quantitative estimate of drug-likeness (QED) is 0.794. The zero-order valence-electron chi connectivity index (χ0n) is 15.8. The van der Waals surface area contributed by atoms with E-state index in [1.807, 2.05) is 18.2 Å². The molecule has 0 aliphatic heterocycles. The van der Waals surface area contributed by atoms with E-state index < -0.39 is 0 Å². The van der Waals surface area contributed by atoms with Crippen molar-refractivity contribution in [1.29, 1.82) is 0 Å². The van der Waals surface area contributed by atoms with E-state index >= 15 is 0 Å². The highest BCUT2D eigenvalue weighted by molar-refractivity contribution is 5.81. The molecular formula is C21H32N2O2. The number of benzene rings is 1. The maximum atomic E-state index is 12.4. The van der Waals surface area contributed by atoms with Gasteiger partial charge in [0.15, 0.2) is 0 Å². The van der Waals surface area contributed by atoms with Crippen LogP contribution in [0.4, 0.5) is 0 Å². The van der Waals surface area contributed by atoms with E-state index in [-0.39, 0.29) is 23.7 Å². The lowest BCUT2D eigenvalue weighted by Crippen LogP contribution is -2.37. The van der Waals surface area contributed by atoms with Gasteiger partial charge in [-0.2, -0.15) is 0 Å². The van der Waals surface area contributed by atoms with Crippen molar-refractivity contribution in [3.8, 4) is 0 Å². The average Bonchev–Trinajstić information content (AvgIpc) is 2.60. The first kappa shape index (κ1) is 19.5. The van der Waals surface area contributed by atoms with Crippen molar-refractivity contribution in [2.75, 3.05) is 6.54 Å². The molecular weight excluding hydrogens is 312 g/mol. The van der Waals surface area contributed by atoms with Crippen molar-refractivity contribution in [2.45, 2.75) is 59.4 Å². The number of amides is 2. The molecule has 2 amide bonds. The third-order valence-electron chi connectivity index (χ3n) is 5.20. The molecule has 0 heterocycles. The summed E-state index contributed by atoms with van der Waals surface area (Å²) in [4.78, 5) is 24.6. The fraction of sp³-hybridized carbons (Fsp3) is 0.619. The van der Waals surface area contributed by atoms with Crippen molar-refractivity contribution in [1.82, 2.24) is 10.6 Å². The van der Waals surface area contributed by atoms with Crippen LogP contribution in [0.5, 0.6) is 0 Å². The van der Waals surface area contributed by atoms with Gasteiger partial charge >= 0.3 is 0 Å². The van der Waals surface area contributed by atoms with Crippen LogP contribution in [0.2, 0.25) is 0 Å². The molecule has 0 unspecified atom stereocenters. The van der Waals surface area contributed by atoms with E-state index in [0.29, 0.717) is 12.5 Å². The number of carbonyl (C=O) groups is 2. The normalized spacial score (nSPS) is 20.3. The van der Waals surface area contributed by atoms with Crippen molar-refractivity contribution >= 4 is 11.8 Å². The number of hydrogen-bond acceptors (Lipinski definition) is 2. The van der Waals surface area contributed by atoms with Crippen LogP contribution in [0.3, 0.4) is 0 Å². The minimum absolute atomic E-state index is 0.0451. The van der Waals surface area contributed by atoms with Crippen molar-refractivity contribution < 1.29 is 9.59 Å². The van der Waals surface area contributed by atoms with Crippen LogP contribution < -0.4 is 10.6 Å². The first-order valence-electron chi connectivity index (χ1n) is 9.57. The molecule has 1 aliphatic rings. The predicted molar refractivity (Wildman–Crippen MR) is 101 cm³/mol. The maximum absolute atomic E-state index is 12.4. The van der Waals surface area contributed by atoms with Gasteiger partial charge in [-0.05, 0) is 56.1 Å². The monoisotopic (exact) mass is 344 g/mol. The van der Waals surface area contributed by atoms with E-state index in [4.69, 9.17) is 0 Å². The van der Waals surface area contributed by atoms with Gasteiger partial charge in [0.2, 0.25) is 11.8 Å². The van der Waals surface area contributed by atoms with Crippen LogP contribution in [0, 0.1) is 24.7 Å². The second kappa shape index (κ2) is 9.59. The molecule has 0 spiro atoms. The summed E-state index contributed by atoms with van der Waals surface area (Å²) in [6, 6.07) is 8.12. The molecule has 1 aromatic carbocycles. The van der Waals surface area contributed by atoms with Crippen LogP contribution in [0.1, 0.15) is 57.1 Å². The maximum Gasteiger partial charge on any atom is 0.223 e.